The molecule has 1 aromatic carbocycles. The first-order valence-electron chi connectivity index (χ1n) is 9.58. The largest absolute Gasteiger partial charge is 0.484 e. The number of carboxylic acid groups (broad SMARTS) is 1. The Balaban J connectivity index is 1.95. The molecule has 0 amide bonds. The Labute approximate surface area is 165 Å². The number of carbonyl (C=O) groups is 1. The van der Waals surface area contributed by atoms with Gasteiger partial charge in [0.2, 0.25) is 0 Å². The maximum absolute atomic E-state index is 14.8. The molecule has 0 spiro atoms. The Hall–Kier alpha value is -3.09. The molecule has 29 heavy (non-hydrogen) atoms. The first-order valence-corrected chi connectivity index (χ1v) is 9.58. The van der Waals surface area contributed by atoms with E-state index in [9.17, 15) is 19.1 Å². The summed E-state index contributed by atoms with van der Waals surface area (Å²) in [5, 5.41) is 10.1. The van der Waals surface area contributed by atoms with E-state index in [0.29, 0.717) is 28.0 Å². The quantitative estimate of drug-likeness (QED) is 0.664. The summed E-state index contributed by atoms with van der Waals surface area (Å²) in [6, 6.07) is 4.27. The molecule has 0 bridgehead atoms. The Kier molecular flexibility index (Phi) is 3.54. The lowest BCUT2D eigenvalue weighted by Crippen LogP contribution is -2.34. The van der Waals surface area contributed by atoms with E-state index in [-0.39, 0.29) is 17.2 Å². The number of furan rings is 1. The number of pyridine rings is 1. The summed E-state index contributed by atoms with van der Waals surface area (Å²) in [6.07, 6.45) is 2.45. The molecule has 1 saturated carbocycles. The predicted octanol–water partition coefficient (Wildman–Crippen LogP) is 4.91. The topological polar surface area (TPSA) is 81.7 Å². The molecule has 2 aromatic heterocycles. The van der Waals surface area contributed by atoms with Crippen molar-refractivity contribution in [3.63, 3.8) is 0 Å². The zero-order valence-corrected chi connectivity index (χ0v) is 16.3. The van der Waals surface area contributed by atoms with Crippen LogP contribution in [-0.2, 0) is 0 Å². The highest BCUT2D eigenvalue weighted by molar-refractivity contribution is 5.95. The minimum Gasteiger partial charge on any atom is -0.484 e. The fourth-order valence-corrected chi connectivity index (χ4v) is 4.18. The molecule has 5 rings (SSSR count). The summed E-state index contributed by atoms with van der Waals surface area (Å²) in [5.74, 6) is -1.37. The number of ether oxygens (including phenoxy) is 1. The van der Waals surface area contributed by atoms with Crippen molar-refractivity contribution in [2.75, 3.05) is 0 Å². The van der Waals surface area contributed by atoms with Gasteiger partial charge in [-0.2, -0.15) is 0 Å². The Bertz CT molecular complexity index is 1240. The normalized spacial score (nSPS) is 18.3. The number of nitrogens with zero attached hydrogens (tertiary/aromatic N) is 1. The minimum absolute atomic E-state index is 0.0924. The Morgan fingerprint density at radius 2 is 2.00 bits per heavy atom. The fraction of sp³-hybridized carbons (Fsp3) is 0.364. The first-order chi connectivity index (χ1) is 13.7. The lowest BCUT2D eigenvalue weighted by Gasteiger charge is -2.38. The maximum Gasteiger partial charge on any atom is 0.341 e. The summed E-state index contributed by atoms with van der Waals surface area (Å²) in [4.78, 5) is 24.8. The molecular formula is C22H20FNO5. The molecule has 150 valence electrons. The third-order valence-corrected chi connectivity index (χ3v) is 5.61. The van der Waals surface area contributed by atoms with Crippen LogP contribution in [0.25, 0.3) is 22.2 Å². The summed E-state index contributed by atoms with van der Waals surface area (Å²) < 4.78 is 27.9. The average molecular weight is 397 g/mol. The third kappa shape index (κ3) is 2.53. The summed E-state index contributed by atoms with van der Waals surface area (Å²) in [7, 11) is 0. The van der Waals surface area contributed by atoms with Crippen LogP contribution in [0.3, 0.4) is 0 Å². The second-order valence-corrected chi connectivity index (χ2v) is 8.84. The van der Waals surface area contributed by atoms with Crippen molar-refractivity contribution in [2.24, 2.45) is 5.41 Å². The van der Waals surface area contributed by atoms with Crippen molar-refractivity contribution in [1.82, 2.24) is 4.57 Å². The molecule has 0 unspecified atom stereocenters. The minimum atomic E-state index is -1.28. The zero-order valence-electron chi connectivity index (χ0n) is 16.3. The molecule has 1 fully saturated rings. The highest BCUT2D eigenvalue weighted by Crippen LogP contribution is 2.53. The number of halogens is 1. The van der Waals surface area contributed by atoms with Crippen LogP contribution in [0.2, 0.25) is 0 Å². The monoisotopic (exact) mass is 397 g/mol. The Morgan fingerprint density at radius 1 is 1.28 bits per heavy atom. The van der Waals surface area contributed by atoms with Gasteiger partial charge in [-0.25, -0.2) is 9.18 Å². The number of hydrogen-bond acceptors (Lipinski definition) is 4. The molecular weight excluding hydrogens is 377 g/mol. The van der Waals surface area contributed by atoms with Gasteiger partial charge in [0.1, 0.15) is 17.4 Å². The van der Waals surface area contributed by atoms with E-state index in [1.165, 1.54) is 23.0 Å². The number of benzene rings is 1. The van der Waals surface area contributed by atoms with E-state index in [1.54, 1.807) is 6.07 Å². The van der Waals surface area contributed by atoms with Crippen molar-refractivity contribution in [2.45, 2.75) is 45.8 Å². The molecule has 1 aliphatic carbocycles. The van der Waals surface area contributed by atoms with Gasteiger partial charge in [-0.15, -0.1) is 0 Å². The smallest absolute Gasteiger partial charge is 0.341 e. The zero-order chi connectivity index (χ0) is 20.7. The molecule has 2 aliphatic rings. The SMILES string of the molecule is CC(C)(C)[C@@H]1Oc2c(cc(F)c3occc23)-c2c1cc(C(=O)O)c(=O)n2C1CC1. The van der Waals surface area contributed by atoms with Gasteiger partial charge < -0.3 is 18.8 Å². The highest BCUT2D eigenvalue weighted by atomic mass is 19.1. The molecule has 3 aromatic rings. The predicted molar refractivity (Wildman–Crippen MR) is 104 cm³/mol. The van der Waals surface area contributed by atoms with E-state index >= 15 is 0 Å². The number of aromatic carboxylic acids is 1. The van der Waals surface area contributed by atoms with Gasteiger partial charge in [-0.1, -0.05) is 20.8 Å². The number of hydrogen-bond donors (Lipinski definition) is 1. The number of rotatable bonds is 2. The summed E-state index contributed by atoms with van der Waals surface area (Å²) in [6.45, 7) is 5.95. The molecule has 7 heteroatoms. The molecule has 1 N–H and O–H groups in total. The van der Waals surface area contributed by atoms with Crippen LogP contribution in [0.5, 0.6) is 5.75 Å². The Morgan fingerprint density at radius 3 is 2.62 bits per heavy atom. The van der Waals surface area contributed by atoms with Crippen molar-refractivity contribution < 1.29 is 23.4 Å². The standard InChI is InChI=1S/C22H20FNO5/c1-22(2,3)19-13-8-14(21(26)27)20(25)24(10-4-5-10)16(13)12-9-15(23)18-11(6-7-28-18)17(12)29-19/h6-10,19H,4-5H2,1-3H3,(H,26,27)/t19-/m1/s1. The summed E-state index contributed by atoms with van der Waals surface area (Å²) >= 11 is 0. The average Bonchev–Trinajstić information content (AvgIpc) is 3.34. The lowest BCUT2D eigenvalue weighted by atomic mass is 9.80. The highest BCUT2D eigenvalue weighted by Gasteiger charge is 2.41. The van der Waals surface area contributed by atoms with Crippen LogP contribution >= 0.6 is 0 Å². The van der Waals surface area contributed by atoms with Gasteiger partial charge >= 0.3 is 5.97 Å². The second kappa shape index (κ2) is 5.72. The fourth-order valence-electron chi connectivity index (χ4n) is 4.18. The number of fused-ring (bicyclic) bond motifs is 5. The van der Waals surface area contributed by atoms with Gasteiger partial charge in [0.05, 0.1) is 17.3 Å². The van der Waals surface area contributed by atoms with Gasteiger partial charge in [0.25, 0.3) is 5.56 Å². The van der Waals surface area contributed by atoms with E-state index < -0.39 is 28.9 Å². The molecule has 1 atom stereocenters. The number of aromatic nitrogens is 1. The van der Waals surface area contributed by atoms with Gasteiger partial charge in [0.15, 0.2) is 11.4 Å². The van der Waals surface area contributed by atoms with Gasteiger partial charge in [-0.05, 0) is 31.0 Å². The molecule has 3 heterocycles. The van der Waals surface area contributed by atoms with Crippen molar-refractivity contribution in [3.05, 3.63) is 51.8 Å². The molecule has 1 aliphatic heterocycles. The van der Waals surface area contributed by atoms with Crippen LogP contribution in [0, 0.1) is 11.2 Å². The third-order valence-electron chi connectivity index (χ3n) is 5.61. The van der Waals surface area contributed by atoms with Crippen molar-refractivity contribution >= 4 is 16.9 Å². The second-order valence-electron chi connectivity index (χ2n) is 8.84. The van der Waals surface area contributed by atoms with E-state index in [1.807, 2.05) is 20.8 Å². The van der Waals surface area contributed by atoms with E-state index in [4.69, 9.17) is 9.15 Å². The van der Waals surface area contributed by atoms with Crippen LogP contribution in [-0.4, -0.2) is 15.6 Å². The van der Waals surface area contributed by atoms with E-state index in [2.05, 4.69) is 0 Å². The lowest BCUT2D eigenvalue weighted by molar-refractivity contribution is 0.0689. The van der Waals surface area contributed by atoms with Gasteiger partial charge in [-0.3, -0.25) is 4.79 Å². The first kappa shape index (κ1) is 18.0. The van der Waals surface area contributed by atoms with Crippen LogP contribution in [0.1, 0.15) is 61.7 Å². The van der Waals surface area contributed by atoms with E-state index in [0.717, 1.165) is 12.8 Å². The molecule has 0 saturated heterocycles. The van der Waals surface area contributed by atoms with Crippen molar-refractivity contribution in [3.8, 4) is 17.0 Å². The summed E-state index contributed by atoms with van der Waals surface area (Å²) in [5.41, 5.74) is 0.434. The number of carboxylic acids is 1. The molecule has 0 radical (unpaired) electrons. The van der Waals surface area contributed by atoms with Crippen LogP contribution in [0.4, 0.5) is 4.39 Å². The molecule has 6 nitrogen and oxygen atoms in total. The van der Waals surface area contributed by atoms with Crippen LogP contribution < -0.4 is 10.3 Å². The van der Waals surface area contributed by atoms with Crippen LogP contribution in [0.15, 0.2) is 33.7 Å². The van der Waals surface area contributed by atoms with Crippen molar-refractivity contribution in [1.29, 1.82) is 0 Å². The maximum atomic E-state index is 14.8. The van der Waals surface area contributed by atoms with Gasteiger partial charge in [0, 0.05) is 22.6 Å².